The van der Waals surface area contributed by atoms with Crippen molar-refractivity contribution in [3.8, 4) is 17.2 Å². The van der Waals surface area contributed by atoms with Crippen LogP contribution in [0.5, 0.6) is 17.2 Å². The van der Waals surface area contributed by atoms with Gasteiger partial charge in [-0.25, -0.2) is 4.79 Å². The predicted molar refractivity (Wildman–Crippen MR) is 87.8 cm³/mol. The van der Waals surface area contributed by atoms with E-state index >= 15 is 0 Å². The number of esters is 1. The van der Waals surface area contributed by atoms with Crippen LogP contribution < -0.4 is 9.47 Å². The number of hydrogen-bond acceptors (Lipinski definition) is 4. The van der Waals surface area contributed by atoms with Crippen LogP contribution in [0.4, 0.5) is 0 Å². The second-order valence-electron chi connectivity index (χ2n) is 4.31. The van der Waals surface area contributed by atoms with Crippen molar-refractivity contribution in [3.63, 3.8) is 0 Å². The van der Waals surface area contributed by atoms with E-state index in [1.807, 2.05) is 24.3 Å². The lowest BCUT2D eigenvalue weighted by Gasteiger charge is -2.13. The van der Waals surface area contributed by atoms with E-state index in [1.165, 1.54) is 7.11 Å². The quantitative estimate of drug-likeness (QED) is 0.564. The minimum absolute atomic E-state index is 0.408. The van der Waals surface area contributed by atoms with Crippen LogP contribution >= 0.6 is 22.6 Å². The largest absolute Gasteiger partial charge is 0.479 e. The first-order valence-corrected chi connectivity index (χ1v) is 7.44. The summed E-state index contributed by atoms with van der Waals surface area (Å²) < 4.78 is 16.9. The van der Waals surface area contributed by atoms with Crippen LogP contribution in [0.1, 0.15) is 6.92 Å². The van der Waals surface area contributed by atoms with Gasteiger partial charge >= 0.3 is 5.97 Å². The SMILES string of the molecule is COC(=O)C(C)Oc1ccc(Oc2ccc(I)cc2)cc1. The molecule has 0 saturated heterocycles. The Bertz CT molecular complexity index is 593. The third-order valence-electron chi connectivity index (χ3n) is 2.72. The van der Waals surface area contributed by atoms with Crippen molar-refractivity contribution in [3.05, 3.63) is 52.1 Å². The Balaban J connectivity index is 1.98. The van der Waals surface area contributed by atoms with Crippen molar-refractivity contribution in [2.75, 3.05) is 7.11 Å². The summed E-state index contributed by atoms with van der Waals surface area (Å²) in [6, 6.07) is 14.9. The first kappa shape index (κ1) is 15.6. The van der Waals surface area contributed by atoms with E-state index in [0.29, 0.717) is 11.5 Å². The fraction of sp³-hybridized carbons (Fsp3) is 0.188. The van der Waals surface area contributed by atoms with Crippen molar-refractivity contribution in [2.45, 2.75) is 13.0 Å². The van der Waals surface area contributed by atoms with Crippen molar-refractivity contribution in [2.24, 2.45) is 0 Å². The van der Waals surface area contributed by atoms with E-state index < -0.39 is 12.1 Å². The van der Waals surface area contributed by atoms with Crippen LogP contribution in [-0.2, 0) is 9.53 Å². The van der Waals surface area contributed by atoms with Crippen molar-refractivity contribution in [1.82, 2.24) is 0 Å². The van der Waals surface area contributed by atoms with Crippen molar-refractivity contribution < 1.29 is 19.0 Å². The lowest BCUT2D eigenvalue weighted by atomic mass is 10.3. The number of methoxy groups -OCH3 is 1. The van der Waals surface area contributed by atoms with Gasteiger partial charge in [-0.1, -0.05) is 0 Å². The van der Waals surface area contributed by atoms with Crippen LogP contribution in [0.3, 0.4) is 0 Å². The summed E-state index contributed by atoms with van der Waals surface area (Å²) in [7, 11) is 1.33. The Morgan fingerprint density at radius 2 is 1.43 bits per heavy atom. The van der Waals surface area contributed by atoms with E-state index in [-0.39, 0.29) is 0 Å². The first-order chi connectivity index (χ1) is 10.1. The number of ether oxygens (including phenoxy) is 3. The average molecular weight is 398 g/mol. The molecular formula is C16H15IO4. The lowest BCUT2D eigenvalue weighted by Crippen LogP contribution is -2.24. The van der Waals surface area contributed by atoms with Gasteiger partial charge in [0.05, 0.1) is 7.11 Å². The van der Waals surface area contributed by atoms with E-state index in [1.54, 1.807) is 31.2 Å². The van der Waals surface area contributed by atoms with Gasteiger partial charge in [-0.2, -0.15) is 0 Å². The molecule has 0 amide bonds. The predicted octanol–water partition coefficient (Wildman–Crippen LogP) is 4.02. The van der Waals surface area contributed by atoms with Gasteiger partial charge in [-0.15, -0.1) is 0 Å². The lowest BCUT2D eigenvalue weighted by molar-refractivity contribution is -0.147. The molecule has 0 aliphatic heterocycles. The number of benzene rings is 2. The van der Waals surface area contributed by atoms with Gasteiger partial charge in [-0.3, -0.25) is 0 Å². The summed E-state index contributed by atoms with van der Waals surface area (Å²) in [5.41, 5.74) is 0. The Morgan fingerprint density at radius 3 is 1.95 bits per heavy atom. The third kappa shape index (κ3) is 4.63. The number of rotatable bonds is 5. The zero-order valence-corrected chi connectivity index (χ0v) is 13.9. The molecule has 5 heteroatoms. The second-order valence-corrected chi connectivity index (χ2v) is 5.56. The number of carbonyl (C=O) groups excluding carboxylic acids is 1. The van der Waals surface area contributed by atoms with Gasteiger partial charge < -0.3 is 14.2 Å². The minimum atomic E-state index is -0.641. The highest BCUT2D eigenvalue weighted by molar-refractivity contribution is 14.1. The molecule has 110 valence electrons. The minimum Gasteiger partial charge on any atom is -0.479 e. The molecule has 1 atom stereocenters. The summed E-state index contributed by atoms with van der Waals surface area (Å²) in [5.74, 6) is 1.65. The second kappa shape index (κ2) is 7.31. The number of carbonyl (C=O) groups is 1. The van der Waals surface area contributed by atoms with E-state index in [4.69, 9.17) is 9.47 Å². The Morgan fingerprint density at radius 1 is 0.952 bits per heavy atom. The van der Waals surface area contributed by atoms with Crippen LogP contribution in [0, 0.1) is 3.57 Å². The van der Waals surface area contributed by atoms with Gasteiger partial charge in [-0.05, 0) is 78.0 Å². The van der Waals surface area contributed by atoms with Crippen LogP contribution in [-0.4, -0.2) is 19.2 Å². The van der Waals surface area contributed by atoms with Crippen LogP contribution in [0.2, 0.25) is 0 Å². The maximum absolute atomic E-state index is 11.3. The highest BCUT2D eigenvalue weighted by Gasteiger charge is 2.14. The average Bonchev–Trinajstić information content (AvgIpc) is 2.50. The molecule has 21 heavy (non-hydrogen) atoms. The summed E-state index contributed by atoms with van der Waals surface area (Å²) >= 11 is 2.24. The first-order valence-electron chi connectivity index (χ1n) is 6.36. The fourth-order valence-electron chi connectivity index (χ4n) is 1.64. The van der Waals surface area contributed by atoms with Gasteiger partial charge in [0, 0.05) is 3.57 Å². The van der Waals surface area contributed by atoms with Crippen LogP contribution in [0.15, 0.2) is 48.5 Å². The number of hydrogen-bond donors (Lipinski definition) is 0. The molecule has 0 radical (unpaired) electrons. The zero-order chi connectivity index (χ0) is 15.2. The molecule has 0 heterocycles. The normalized spacial score (nSPS) is 11.6. The zero-order valence-electron chi connectivity index (χ0n) is 11.7. The summed E-state index contributed by atoms with van der Waals surface area (Å²) in [4.78, 5) is 11.3. The molecule has 0 bridgehead atoms. The molecular weight excluding hydrogens is 383 g/mol. The maximum Gasteiger partial charge on any atom is 0.346 e. The van der Waals surface area contributed by atoms with Crippen molar-refractivity contribution in [1.29, 1.82) is 0 Å². The Labute approximate surface area is 137 Å². The van der Waals surface area contributed by atoms with Crippen molar-refractivity contribution >= 4 is 28.6 Å². The molecule has 0 N–H and O–H groups in total. The Hall–Kier alpha value is -1.76. The topological polar surface area (TPSA) is 44.8 Å². The molecule has 0 spiro atoms. The van der Waals surface area contributed by atoms with E-state index in [0.717, 1.165) is 9.32 Å². The standard InChI is InChI=1S/C16H15IO4/c1-11(16(18)19-2)20-13-7-9-15(10-8-13)21-14-5-3-12(17)4-6-14/h3-11H,1-2H3. The summed E-state index contributed by atoms with van der Waals surface area (Å²) in [6.45, 7) is 1.64. The van der Waals surface area contributed by atoms with Gasteiger partial charge in [0.15, 0.2) is 6.10 Å². The van der Waals surface area contributed by atoms with Crippen LogP contribution in [0.25, 0.3) is 0 Å². The highest BCUT2D eigenvalue weighted by atomic mass is 127. The molecule has 2 aromatic carbocycles. The molecule has 2 rings (SSSR count). The molecule has 1 unspecified atom stereocenters. The number of halogens is 1. The molecule has 0 fully saturated rings. The third-order valence-corrected chi connectivity index (χ3v) is 3.44. The van der Waals surface area contributed by atoms with Gasteiger partial charge in [0.2, 0.25) is 0 Å². The van der Waals surface area contributed by atoms with E-state index in [9.17, 15) is 4.79 Å². The van der Waals surface area contributed by atoms with Gasteiger partial charge in [0.1, 0.15) is 17.2 Å². The molecule has 0 saturated carbocycles. The highest BCUT2D eigenvalue weighted by Crippen LogP contribution is 2.24. The monoisotopic (exact) mass is 398 g/mol. The molecule has 2 aromatic rings. The fourth-order valence-corrected chi connectivity index (χ4v) is 2.00. The smallest absolute Gasteiger partial charge is 0.346 e. The Kier molecular flexibility index (Phi) is 5.44. The maximum atomic E-state index is 11.3. The molecule has 0 aliphatic rings. The summed E-state index contributed by atoms with van der Waals surface area (Å²) in [6.07, 6.45) is -0.641. The molecule has 4 nitrogen and oxygen atoms in total. The molecule has 0 aliphatic carbocycles. The molecule has 0 aromatic heterocycles. The van der Waals surface area contributed by atoms with E-state index in [2.05, 4.69) is 27.3 Å². The van der Waals surface area contributed by atoms with Gasteiger partial charge in [0.25, 0.3) is 0 Å². The summed E-state index contributed by atoms with van der Waals surface area (Å²) in [5, 5.41) is 0.